The third-order valence-electron chi connectivity index (χ3n) is 8.95. The summed E-state index contributed by atoms with van der Waals surface area (Å²) >= 11 is 1.56. The molecular formula is C40H64N6O8S. The molecule has 1 aliphatic heterocycles. The van der Waals surface area contributed by atoms with E-state index in [1.54, 1.807) is 70.6 Å². The van der Waals surface area contributed by atoms with Crippen LogP contribution in [0.2, 0.25) is 0 Å². The monoisotopic (exact) mass is 788 g/mol. The van der Waals surface area contributed by atoms with Crippen LogP contribution in [0, 0.1) is 16.7 Å². The molecule has 3 atom stereocenters. The minimum absolute atomic E-state index is 0.0802. The van der Waals surface area contributed by atoms with Crippen molar-refractivity contribution in [3.8, 4) is 0 Å². The number of ether oxygens (including phenoxy) is 1. The number of anilines is 1. The third-order valence-corrected chi connectivity index (χ3v) is 10.2. The fourth-order valence-corrected chi connectivity index (χ4v) is 6.81. The number of hydrogen-bond donors (Lipinski definition) is 5. The molecular weight excluding hydrogens is 725 g/mol. The maximum atomic E-state index is 13.5. The standard InChI is InChI=1S/C40H64N6O8S/c1-26(2)33(45-31(47)15-10-9-11-22-46-32(48)24-30(36(46)51)55-23-13-20-39(3,4)5)35(50)44-29(14-12-21-42-38(41)53)34(49)43-28-18-16-27(17-19-28)25-54-37(52)40(6,7)8/h16-19,26,29-30,33H,9-15,20-25H2,1-8H3,(H,43,49)(H,44,50)(H,45,47)(H3,41,42,53)/t29-,30?,33-/m0/s1. The highest BCUT2D eigenvalue weighted by atomic mass is 32.2. The van der Waals surface area contributed by atoms with Crippen LogP contribution in [0.25, 0.3) is 0 Å². The summed E-state index contributed by atoms with van der Waals surface area (Å²) in [6.07, 6.45) is 4.66. The quantitative estimate of drug-likeness (QED) is 0.0606. The van der Waals surface area contributed by atoms with Gasteiger partial charge in [0.15, 0.2) is 0 Å². The Morgan fingerprint density at radius 2 is 1.58 bits per heavy atom. The number of esters is 1. The van der Waals surface area contributed by atoms with Gasteiger partial charge in [-0.05, 0) is 94.1 Å². The zero-order valence-electron chi connectivity index (χ0n) is 34.0. The molecule has 1 aromatic rings. The van der Waals surface area contributed by atoms with Crippen molar-refractivity contribution >= 4 is 59.0 Å². The van der Waals surface area contributed by atoms with Gasteiger partial charge in [0, 0.05) is 31.6 Å². The van der Waals surface area contributed by atoms with Crippen LogP contribution in [0.15, 0.2) is 24.3 Å². The molecule has 0 aliphatic carbocycles. The summed E-state index contributed by atoms with van der Waals surface area (Å²) in [5.41, 5.74) is 5.97. The second-order valence-electron chi connectivity index (χ2n) is 16.7. The highest BCUT2D eigenvalue weighted by Gasteiger charge is 2.38. The lowest BCUT2D eigenvalue weighted by atomic mass is 9.91. The molecule has 14 nitrogen and oxygen atoms in total. The summed E-state index contributed by atoms with van der Waals surface area (Å²) in [6, 6.07) is 4.15. The van der Waals surface area contributed by atoms with Gasteiger partial charge in [0.05, 0.1) is 10.7 Å². The molecule has 6 N–H and O–H groups in total. The molecule has 7 amide bonds. The maximum absolute atomic E-state index is 13.5. The van der Waals surface area contributed by atoms with Gasteiger partial charge in [-0.25, -0.2) is 4.79 Å². The lowest BCUT2D eigenvalue weighted by molar-refractivity contribution is -0.154. The Labute approximate surface area is 331 Å². The first kappa shape index (κ1) is 47.0. The molecule has 308 valence electrons. The van der Waals surface area contributed by atoms with Crippen LogP contribution in [0.3, 0.4) is 0 Å². The van der Waals surface area contributed by atoms with Crippen LogP contribution < -0.4 is 27.0 Å². The van der Waals surface area contributed by atoms with E-state index in [1.807, 2.05) is 0 Å². The van der Waals surface area contributed by atoms with Crippen LogP contribution in [0.1, 0.15) is 119 Å². The van der Waals surface area contributed by atoms with E-state index in [0.29, 0.717) is 37.9 Å². The Balaban J connectivity index is 1.89. The minimum atomic E-state index is -0.995. The van der Waals surface area contributed by atoms with Crippen LogP contribution in [-0.2, 0) is 40.1 Å². The molecule has 0 aromatic heterocycles. The number of likely N-dealkylation sites (tertiary alicyclic amines) is 1. The maximum Gasteiger partial charge on any atom is 0.312 e. The Bertz CT molecular complexity index is 1470. The van der Waals surface area contributed by atoms with Crippen molar-refractivity contribution in [2.24, 2.45) is 22.5 Å². The molecule has 55 heavy (non-hydrogen) atoms. The van der Waals surface area contributed by atoms with E-state index >= 15 is 0 Å². The topological polar surface area (TPSA) is 206 Å². The number of benzene rings is 1. The molecule has 2 rings (SSSR count). The second-order valence-corrected chi connectivity index (χ2v) is 18.0. The SMILES string of the molecule is CC(C)[C@H](NC(=O)CCCCCN1C(=O)CC(SCCCC(C)(C)C)C1=O)C(=O)N[C@@H](CCCNC(N)=O)C(=O)Nc1ccc(COC(=O)C(C)(C)C)cc1. The van der Waals surface area contributed by atoms with Crippen molar-refractivity contribution in [1.29, 1.82) is 0 Å². The van der Waals surface area contributed by atoms with Crippen molar-refractivity contribution in [2.75, 3.05) is 24.2 Å². The van der Waals surface area contributed by atoms with E-state index in [9.17, 15) is 33.6 Å². The zero-order valence-corrected chi connectivity index (χ0v) is 34.8. The van der Waals surface area contributed by atoms with Gasteiger partial charge < -0.3 is 31.7 Å². The number of primary amides is 1. The molecule has 1 unspecified atom stereocenters. The predicted octanol–water partition coefficient (Wildman–Crippen LogP) is 5.04. The number of nitrogens with one attached hydrogen (secondary N) is 4. The van der Waals surface area contributed by atoms with Gasteiger partial charge >= 0.3 is 12.0 Å². The lowest BCUT2D eigenvalue weighted by Gasteiger charge is -2.25. The van der Waals surface area contributed by atoms with Crippen LogP contribution in [0.5, 0.6) is 0 Å². The minimum Gasteiger partial charge on any atom is -0.460 e. The number of hydrogen-bond acceptors (Lipinski definition) is 9. The van der Waals surface area contributed by atoms with Gasteiger partial charge in [-0.15, -0.1) is 11.8 Å². The normalized spacial score (nSPS) is 15.7. The third kappa shape index (κ3) is 17.9. The summed E-state index contributed by atoms with van der Waals surface area (Å²) in [5.74, 6) is -1.40. The number of imide groups is 1. The average Bonchev–Trinajstić information content (AvgIpc) is 3.36. The van der Waals surface area contributed by atoms with Crippen molar-refractivity contribution in [3.63, 3.8) is 0 Å². The number of thioether (sulfide) groups is 1. The van der Waals surface area contributed by atoms with Crippen molar-refractivity contribution in [1.82, 2.24) is 20.9 Å². The molecule has 0 radical (unpaired) electrons. The predicted molar refractivity (Wildman–Crippen MR) is 215 cm³/mol. The number of carbonyl (C=O) groups is 7. The Morgan fingerprint density at radius 1 is 0.909 bits per heavy atom. The molecule has 0 saturated carbocycles. The summed E-state index contributed by atoms with van der Waals surface area (Å²) in [4.78, 5) is 89.8. The first-order valence-corrected chi connectivity index (χ1v) is 20.4. The first-order chi connectivity index (χ1) is 25.7. The lowest BCUT2D eigenvalue weighted by Crippen LogP contribution is -2.54. The van der Waals surface area contributed by atoms with Crippen LogP contribution >= 0.6 is 11.8 Å². The molecule has 0 bridgehead atoms. The zero-order chi connectivity index (χ0) is 41.3. The Kier molecular flexibility index (Phi) is 19.2. The van der Waals surface area contributed by atoms with Crippen molar-refractivity contribution in [2.45, 2.75) is 137 Å². The van der Waals surface area contributed by atoms with Crippen LogP contribution in [-0.4, -0.2) is 82.6 Å². The van der Waals surface area contributed by atoms with E-state index in [2.05, 4.69) is 42.0 Å². The van der Waals surface area contributed by atoms with Crippen LogP contribution in [0.4, 0.5) is 10.5 Å². The van der Waals surface area contributed by atoms with E-state index in [-0.39, 0.29) is 72.7 Å². The molecule has 15 heteroatoms. The Morgan fingerprint density at radius 3 is 2.18 bits per heavy atom. The van der Waals surface area contributed by atoms with Crippen molar-refractivity contribution < 1.29 is 38.3 Å². The summed E-state index contributed by atoms with van der Waals surface area (Å²) < 4.78 is 5.35. The van der Waals surface area contributed by atoms with E-state index in [4.69, 9.17) is 10.5 Å². The molecule has 1 heterocycles. The van der Waals surface area contributed by atoms with Crippen molar-refractivity contribution in [3.05, 3.63) is 29.8 Å². The summed E-state index contributed by atoms with van der Waals surface area (Å²) in [5, 5.41) is 10.5. The number of nitrogens with two attached hydrogens (primary N) is 1. The average molecular weight is 789 g/mol. The van der Waals surface area contributed by atoms with Gasteiger partial charge in [-0.2, -0.15) is 0 Å². The fourth-order valence-electron chi connectivity index (χ4n) is 5.69. The molecule has 1 aliphatic rings. The molecule has 0 spiro atoms. The van der Waals surface area contributed by atoms with E-state index < -0.39 is 35.3 Å². The molecule has 1 saturated heterocycles. The number of unbranched alkanes of at least 4 members (excludes halogenated alkanes) is 2. The molecule has 1 aromatic carbocycles. The summed E-state index contributed by atoms with van der Waals surface area (Å²) in [6.45, 7) is 16.0. The molecule has 1 fully saturated rings. The van der Waals surface area contributed by atoms with Gasteiger partial charge in [0.25, 0.3) is 0 Å². The van der Waals surface area contributed by atoms with Gasteiger partial charge in [0.1, 0.15) is 18.7 Å². The number of urea groups is 1. The van der Waals surface area contributed by atoms with Gasteiger partial charge in [0.2, 0.25) is 29.5 Å². The largest absolute Gasteiger partial charge is 0.460 e. The van der Waals surface area contributed by atoms with E-state index in [0.717, 1.165) is 24.2 Å². The number of amides is 7. The van der Waals surface area contributed by atoms with Gasteiger partial charge in [-0.3, -0.25) is 33.7 Å². The van der Waals surface area contributed by atoms with E-state index in [1.165, 1.54) is 4.90 Å². The summed E-state index contributed by atoms with van der Waals surface area (Å²) in [7, 11) is 0. The smallest absolute Gasteiger partial charge is 0.312 e. The van der Waals surface area contributed by atoms with Gasteiger partial charge in [-0.1, -0.05) is 53.2 Å². The number of carbonyl (C=O) groups excluding carboxylic acids is 7. The Hall–Kier alpha value is -4.14. The fraction of sp³-hybridized carbons (Fsp3) is 0.675. The number of nitrogens with zero attached hydrogens (tertiary/aromatic N) is 1. The first-order valence-electron chi connectivity index (χ1n) is 19.3. The highest BCUT2D eigenvalue weighted by Crippen LogP contribution is 2.29. The second kappa shape index (κ2) is 22.4. The number of rotatable bonds is 22. The highest BCUT2D eigenvalue weighted by molar-refractivity contribution is 8.00.